The summed E-state index contributed by atoms with van der Waals surface area (Å²) in [6.45, 7) is 2.76. The molecular weight excluding hydrogens is 454 g/mol. The lowest BCUT2D eigenvalue weighted by Gasteiger charge is -2.33. The Hall–Kier alpha value is -2.67. The van der Waals surface area contributed by atoms with Crippen molar-refractivity contribution in [2.75, 3.05) is 13.1 Å². The SMILES string of the molecule is CCCCCC1CN(CC(=O)CCCCCCC(=O)O)C(=O)c2cc(-c3ccc(Cl)cc3)nn21. The minimum Gasteiger partial charge on any atom is -0.481 e. The summed E-state index contributed by atoms with van der Waals surface area (Å²) in [4.78, 5) is 38.1. The fourth-order valence-electron chi connectivity index (χ4n) is 4.39. The highest BCUT2D eigenvalue weighted by atomic mass is 35.5. The summed E-state index contributed by atoms with van der Waals surface area (Å²) < 4.78 is 1.85. The third-order valence-electron chi connectivity index (χ3n) is 6.26. The summed E-state index contributed by atoms with van der Waals surface area (Å²) in [6.07, 6.45) is 7.74. The number of amides is 1. The number of carboxylic acids is 1. The molecule has 1 amide bonds. The number of Topliss-reactive ketones (excluding diaryl/α,β-unsaturated/α-hetero) is 1. The summed E-state index contributed by atoms with van der Waals surface area (Å²) in [6, 6.07) is 9.27. The summed E-state index contributed by atoms with van der Waals surface area (Å²) >= 11 is 6.02. The first-order valence-electron chi connectivity index (χ1n) is 12.3. The fraction of sp³-hybridized carbons (Fsp3) is 0.538. The van der Waals surface area contributed by atoms with Gasteiger partial charge in [-0.1, -0.05) is 62.8 Å². The van der Waals surface area contributed by atoms with Gasteiger partial charge in [-0.15, -0.1) is 0 Å². The van der Waals surface area contributed by atoms with Gasteiger partial charge in [0.2, 0.25) is 0 Å². The molecule has 1 atom stereocenters. The van der Waals surface area contributed by atoms with E-state index in [0.29, 0.717) is 30.1 Å². The highest BCUT2D eigenvalue weighted by Gasteiger charge is 2.33. The van der Waals surface area contributed by atoms with Gasteiger partial charge in [-0.05, 0) is 37.5 Å². The summed E-state index contributed by atoms with van der Waals surface area (Å²) in [7, 11) is 0. The van der Waals surface area contributed by atoms with Gasteiger partial charge in [0.05, 0.1) is 18.3 Å². The number of rotatable bonds is 14. The highest BCUT2D eigenvalue weighted by Crippen LogP contribution is 2.30. The Labute approximate surface area is 206 Å². The molecular formula is C26H34ClN3O4. The maximum atomic E-state index is 13.2. The molecule has 1 aromatic carbocycles. The summed E-state index contributed by atoms with van der Waals surface area (Å²) in [5.74, 6) is -0.898. The molecule has 1 N–H and O–H groups in total. The summed E-state index contributed by atoms with van der Waals surface area (Å²) in [5.41, 5.74) is 2.16. The second-order valence-electron chi connectivity index (χ2n) is 9.05. The predicted molar refractivity (Wildman–Crippen MR) is 132 cm³/mol. The molecule has 184 valence electrons. The molecule has 0 aliphatic carbocycles. The number of carboxylic acid groups (broad SMARTS) is 1. The minimum absolute atomic E-state index is 0.0455. The Balaban J connectivity index is 1.66. The van der Waals surface area contributed by atoms with E-state index < -0.39 is 5.97 Å². The molecule has 0 fully saturated rings. The van der Waals surface area contributed by atoms with Gasteiger partial charge in [-0.2, -0.15) is 5.10 Å². The maximum Gasteiger partial charge on any atom is 0.303 e. The number of hydrogen-bond donors (Lipinski definition) is 1. The molecule has 0 bridgehead atoms. The van der Waals surface area contributed by atoms with Gasteiger partial charge < -0.3 is 10.0 Å². The molecule has 1 aromatic heterocycles. The van der Waals surface area contributed by atoms with Crippen molar-refractivity contribution in [2.45, 2.75) is 77.2 Å². The largest absolute Gasteiger partial charge is 0.481 e. The molecule has 7 nitrogen and oxygen atoms in total. The Bertz CT molecular complexity index is 986. The van der Waals surface area contributed by atoms with Crippen molar-refractivity contribution < 1.29 is 19.5 Å². The van der Waals surface area contributed by atoms with Crippen molar-refractivity contribution in [3.63, 3.8) is 0 Å². The average Bonchev–Trinajstić information content (AvgIpc) is 3.25. The van der Waals surface area contributed by atoms with E-state index >= 15 is 0 Å². The average molecular weight is 488 g/mol. The number of carbonyl (C=O) groups excluding carboxylic acids is 2. The van der Waals surface area contributed by atoms with Crippen LogP contribution in [0.2, 0.25) is 5.02 Å². The van der Waals surface area contributed by atoms with Gasteiger partial charge in [0, 0.05) is 30.0 Å². The normalized spacial score (nSPS) is 15.4. The van der Waals surface area contributed by atoms with Crippen LogP contribution < -0.4 is 0 Å². The molecule has 0 radical (unpaired) electrons. The van der Waals surface area contributed by atoms with Gasteiger partial charge in [0.15, 0.2) is 5.78 Å². The third kappa shape index (κ3) is 7.16. The van der Waals surface area contributed by atoms with Crippen LogP contribution in [-0.4, -0.2) is 50.5 Å². The molecule has 2 aromatic rings. The van der Waals surface area contributed by atoms with Crippen molar-refractivity contribution in [1.29, 1.82) is 0 Å². The zero-order valence-electron chi connectivity index (χ0n) is 19.8. The molecule has 0 saturated heterocycles. The molecule has 34 heavy (non-hydrogen) atoms. The number of benzene rings is 1. The van der Waals surface area contributed by atoms with E-state index in [4.69, 9.17) is 21.8 Å². The van der Waals surface area contributed by atoms with Gasteiger partial charge in [0.1, 0.15) is 5.69 Å². The third-order valence-corrected chi connectivity index (χ3v) is 6.52. The monoisotopic (exact) mass is 487 g/mol. The van der Waals surface area contributed by atoms with Crippen molar-refractivity contribution >= 4 is 29.3 Å². The lowest BCUT2D eigenvalue weighted by molar-refractivity contribution is -0.137. The quantitative estimate of drug-likeness (QED) is 0.341. The standard InChI is InChI=1S/C26H34ClN3O4/c1-2-3-6-9-21-17-29(18-22(31)10-7-4-5-8-11-25(32)33)26(34)24-16-23(28-30(21)24)19-12-14-20(27)15-13-19/h12-16,21H,2-11,17-18H2,1H3,(H,32,33). The number of hydrogen-bond acceptors (Lipinski definition) is 4. The van der Waals surface area contributed by atoms with E-state index in [1.165, 1.54) is 0 Å². The molecule has 8 heteroatoms. The van der Waals surface area contributed by atoms with Crippen LogP contribution in [0.5, 0.6) is 0 Å². The molecule has 0 spiro atoms. The Morgan fingerprint density at radius 2 is 1.76 bits per heavy atom. The van der Waals surface area contributed by atoms with Crippen LogP contribution in [0.4, 0.5) is 0 Å². The number of aromatic nitrogens is 2. The Kier molecular flexibility index (Phi) is 9.69. The number of fused-ring (bicyclic) bond motifs is 1. The van der Waals surface area contributed by atoms with Crippen LogP contribution in [0.3, 0.4) is 0 Å². The number of ketones is 1. The molecule has 2 heterocycles. The number of nitrogens with zero attached hydrogens (tertiary/aromatic N) is 3. The first-order chi connectivity index (χ1) is 16.4. The lowest BCUT2D eigenvalue weighted by atomic mass is 10.0. The number of carbonyl (C=O) groups is 3. The van der Waals surface area contributed by atoms with Crippen LogP contribution in [-0.2, 0) is 9.59 Å². The first-order valence-corrected chi connectivity index (χ1v) is 12.6. The van der Waals surface area contributed by atoms with E-state index in [1.54, 1.807) is 4.90 Å². The van der Waals surface area contributed by atoms with Crippen molar-refractivity contribution in [1.82, 2.24) is 14.7 Å². The van der Waals surface area contributed by atoms with Crippen molar-refractivity contribution in [2.24, 2.45) is 0 Å². The second-order valence-corrected chi connectivity index (χ2v) is 9.48. The van der Waals surface area contributed by atoms with Gasteiger partial charge in [0.25, 0.3) is 5.91 Å². The zero-order valence-corrected chi connectivity index (χ0v) is 20.6. The number of aliphatic carboxylic acids is 1. The molecule has 3 rings (SSSR count). The van der Waals surface area contributed by atoms with E-state index in [9.17, 15) is 14.4 Å². The van der Waals surface area contributed by atoms with Gasteiger partial charge in [-0.3, -0.25) is 19.1 Å². The number of unbranched alkanes of at least 4 members (excludes halogenated alkanes) is 5. The van der Waals surface area contributed by atoms with E-state index in [1.807, 2.05) is 35.0 Å². The first kappa shape index (κ1) is 25.9. The molecule has 1 aliphatic rings. The Morgan fingerprint density at radius 3 is 2.44 bits per heavy atom. The summed E-state index contributed by atoms with van der Waals surface area (Å²) in [5, 5.41) is 14.1. The van der Waals surface area contributed by atoms with Crippen LogP contribution >= 0.6 is 11.6 Å². The second kappa shape index (κ2) is 12.7. The lowest BCUT2D eigenvalue weighted by Crippen LogP contribution is -2.45. The van der Waals surface area contributed by atoms with E-state index in [-0.39, 0.29) is 30.7 Å². The van der Waals surface area contributed by atoms with Gasteiger partial charge in [-0.25, -0.2) is 0 Å². The van der Waals surface area contributed by atoms with Crippen LogP contribution in [0, 0.1) is 0 Å². The maximum absolute atomic E-state index is 13.2. The Morgan fingerprint density at radius 1 is 1.06 bits per heavy atom. The molecule has 0 saturated carbocycles. The van der Waals surface area contributed by atoms with Crippen molar-refractivity contribution in [3.8, 4) is 11.3 Å². The predicted octanol–water partition coefficient (Wildman–Crippen LogP) is 5.78. The van der Waals surface area contributed by atoms with E-state index in [0.717, 1.165) is 56.2 Å². The van der Waals surface area contributed by atoms with E-state index in [2.05, 4.69) is 6.92 Å². The number of halogens is 1. The van der Waals surface area contributed by atoms with Crippen LogP contribution in [0.25, 0.3) is 11.3 Å². The highest BCUT2D eigenvalue weighted by molar-refractivity contribution is 6.30. The molecule has 1 aliphatic heterocycles. The molecule has 1 unspecified atom stereocenters. The topological polar surface area (TPSA) is 92.5 Å². The van der Waals surface area contributed by atoms with Crippen LogP contribution in [0.1, 0.15) is 87.7 Å². The van der Waals surface area contributed by atoms with Crippen LogP contribution in [0.15, 0.2) is 30.3 Å². The minimum atomic E-state index is -0.786. The smallest absolute Gasteiger partial charge is 0.303 e. The van der Waals surface area contributed by atoms with Crippen molar-refractivity contribution in [3.05, 3.63) is 41.0 Å². The van der Waals surface area contributed by atoms with Gasteiger partial charge >= 0.3 is 5.97 Å². The fourth-order valence-corrected chi connectivity index (χ4v) is 4.52. The zero-order chi connectivity index (χ0) is 24.5.